The number of hydrogen-bond acceptors (Lipinski definition) is 3. The number of hydrogen-bond donors (Lipinski definition) is 1. The van der Waals surface area contributed by atoms with Crippen LogP contribution in [-0.2, 0) is 0 Å². The van der Waals surface area contributed by atoms with E-state index in [9.17, 15) is 4.79 Å². The molecular formula is C11H10BrN3O. The number of pyridine rings is 1. The van der Waals surface area contributed by atoms with E-state index in [0.717, 1.165) is 5.56 Å². The fourth-order valence-electron chi connectivity index (χ4n) is 1.36. The minimum atomic E-state index is -0.189. The minimum Gasteiger partial charge on any atom is -0.304 e. The van der Waals surface area contributed by atoms with Crippen molar-refractivity contribution in [3.63, 3.8) is 0 Å². The van der Waals surface area contributed by atoms with Gasteiger partial charge >= 0.3 is 0 Å². The molecule has 0 unspecified atom stereocenters. The molecule has 2 rings (SSSR count). The first-order valence-electron chi connectivity index (χ1n) is 4.77. The zero-order valence-electron chi connectivity index (χ0n) is 8.91. The van der Waals surface area contributed by atoms with Crippen LogP contribution < -0.4 is 5.56 Å². The lowest BCUT2D eigenvalue weighted by Gasteiger charge is -2.03. The molecule has 16 heavy (non-hydrogen) atoms. The molecule has 0 aliphatic rings. The number of halogens is 1. The number of rotatable bonds is 1. The molecule has 2 aromatic heterocycles. The van der Waals surface area contributed by atoms with E-state index in [4.69, 9.17) is 0 Å². The zero-order valence-corrected chi connectivity index (χ0v) is 10.5. The highest BCUT2D eigenvalue weighted by molar-refractivity contribution is 9.10. The predicted octanol–water partition coefficient (Wildman–Crippen LogP) is 2.21. The third-order valence-corrected chi connectivity index (χ3v) is 3.12. The molecule has 0 aromatic carbocycles. The topological polar surface area (TPSA) is 58.6 Å². The predicted molar refractivity (Wildman–Crippen MR) is 65.3 cm³/mol. The summed E-state index contributed by atoms with van der Waals surface area (Å²) in [5.41, 5.74) is 2.22. The van der Waals surface area contributed by atoms with E-state index >= 15 is 0 Å². The quantitative estimate of drug-likeness (QED) is 0.871. The summed E-state index contributed by atoms with van der Waals surface area (Å²) < 4.78 is 0.462. The van der Waals surface area contributed by atoms with E-state index in [1.54, 1.807) is 13.1 Å². The maximum atomic E-state index is 11.5. The van der Waals surface area contributed by atoms with Gasteiger partial charge in [-0.1, -0.05) is 0 Å². The Hall–Kier alpha value is -1.49. The molecule has 0 fully saturated rings. The van der Waals surface area contributed by atoms with Crippen LogP contribution >= 0.6 is 15.9 Å². The summed E-state index contributed by atoms with van der Waals surface area (Å²) in [6, 6.07) is 3.78. The van der Waals surface area contributed by atoms with Crippen LogP contribution in [0, 0.1) is 13.8 Å². The Morgan fingerprint density at radius 3 is 2.75 bits per heavy atom. The lowest BCUT2D eigenvalue weighted by molar-refractivity contribution is 1.04. The highest BCUT2D eigenvalue weighted by Gasteiger charge is 2.07. The second kappa shape index (κ2) is 4.17. The molecule has 0 amide bonds. The Balaban J connectivity index is 2.61. The number of nitrogens with one attached hydrogen (secondary N) is 1. The van der Waals surface area contributed by atoms with Crippen LogP contribution in [0.25, 0.3) is 11.5 Å². The molecule has 0 saturated carbocycles. The molecule has 0 aliphatic carbocycles. The van der Waals surface area contributed by atoms with Crippen molar-refractivity contribution in [3.8, 4) is 11.5 Å². The molecule has 0 saturated heterocycles. The van der Waals surface area contributed by atoms with Gasteiger partial charge in [0.05, 0.1) is 5.69 Å². The van der Waals surface area contributed by atoms with E-state index in [0.29, 0.717) is 21.7 Å². The van der Waals surface area contributed by atoms with Gasteiger partial charge in [-0.05, 0) is 47.5 Å². The van der Waals surface area contributed by atoms with Crippen molar-refractivity contribution in [2.45, 2.75) is 13.8 Å². The first-order valence-corrected chi connectivity index (χ1v) is 5.56. The summed E-state index contributed by atoms with van der Waals surface area (Å²) in [7, 11) is 0. The largest absolute Gasteiger partial charge is 0.304 e. The summed E-state index contributed by atoms with van der Waals surface area (Å²) in [6.07, 6.45) is 1.70. The molecule has 0 radical (unpaired) electrons. The first kappa shape index (κ1) is 11.0. The van der Waals surface area contributed by atoms with Crippen molar-refractivity contribution >= 4 is 15.9 Å². The number of aryl methyl sites for hydroxylation is 2. The molecular weight excluding hydrogens is 270 g/mol. The lowest BCUT2D eigenvalue weighted by Crippen LogP contribution is -2.12. The van der Waals surface area contributed by atoms with E-state index < -0.39 is 0 Å². The molecule has 0 spiro atoms. The van der Waals surface area contributed by atoms with Crippen molar-refractivity contribution in [3.05, 3.63) is 44.4 Å². The summed E-state index contributed by atoms with van der Waals surface area (Å²) in [5, 5.41) is 0. The van der Waals surface area contributed by atoms with Gasteiger partial charge in [-0.3, -0.25) is 9.78 Å². The van der Waals surface area contributed by atoms with Crippen LogP contribution in [0.1, 0.15) is 11.3 Å². The van der Waals surface area contributed by atoms with Gasteiger partial charge in [0.25, 0.3) is 5.56 Å². The third kappa shape index (κ3) is 2.04. The van der Waals surface area contributed by atoms with Gasteiger partial charge in [0.15, 0.2) is 5.82 Å². The molecule has 5 heteroatoms. The maximum Gasteiger partial charge on any atom is 0.265 e. The highest BCUT2D eigenvalue weighted by Crippen LogP contribution is 2.14. The summed E-state index contributed by atoms with van der Waals surface area (Å²) in [5.74, 6) is 0.495. The lowest BCUT2D eigenvalue weighted by atomic mass is 10.2. The van der Waals surface area contributed by atoms with Crippen molar-refractivity contribution in [2.75, 3.05) is 0 Å². The Bertz CT molecular complexity index is 592. The fourth-order valence-corrected chi connectivity index (χ4v) is 1.55. The number of H-pyrrole nitrogens is 1. The Labute approximate surface area is 101 Å². The molecule has 82 valence electrons. The Morgan fingerprint density at radius 1 is 1.38 bits per heavy atom. The molecule has 0 aliphatic heterocycles. The smallest absolute Gasteiger partial charge is 0.265 e. The number of aromatic nitrogens is 3. The van der Waals surface area contributed by atoms with Gasteiger partial charge in [-0.25, -0.2) is 4.98 Å². The van der Waals surface area contributed by atoms with Crippen LogP contribution in [0.3, 0.4) is 0 Å². The third-order valence-electron chi connectivity index (χ3n) is 2.19. The minimum absolute atomic E-state index is 0.189. The fraction of sp³-hybridized carbons (Fsp3) is 0.182. The maximum absolute atomic E-state index is 11.5. The van der Waals surface area contributed by atoms with E-state index in [1.165, 1.54) is 0 Å². The average molecular weight is 280 g/mol. The van der Waals surface area contributed by atoms with Crippen molar-refractivity contribution in [1.29, 1.82) is 0 Å². The monoisotopic (exact) mass is 279 g/mol. The molecule has 1 N–H and O–H groups in total. The first-order chi connectivity index (χ1) is 7.58. The second-order valence-corrected chi connectivity index (χ2v) is 4.33. The van der Waals surface area contributed by atoms with Gasteiger partial charge in [0, 0.05) is 6.20 Å². The van der Waals surface area contributed by atoms with Crippen LogP contribution in [0.5, 0.6) is 0 Å². The molecule has 0 atom stereocenters. The second-order valence-electron chi connectivity index (χ2n) is 3.53. The summed E-state index contributed by atoms with van der Waals surface area (Å²) in [4.78, 5) is 22.7. The van der Waals surface area contributed by atoms with Crippen molar-refractivity contribution in [2.24, 2.45) is 0 Å². The number of nitrogens with zero attached hydrogens (tertiary/aromatic N) is 2. The summed E-state index contributed by atoms with van der Waals surface area (Å²) >= 11 is 3.17. The van der Waals surface area contributed by atoms with Crippen molar-refractivity contribution < 1.29 is 0 Å². The molecule has 2 heterocycles. The van der Waals surface area contributed by atoms with E-state index in [1.807, 2.05) is 19.1 Å². The van der Waals surface area contributed by atoms with Crippen LogP contribution in [0.4, 0.5) is 0 Å². The summed E-state index contributed by atoms with van der Waals surface area (Å²) in [6.45, 7) is 3.74. The van der Waals surface area contributed by atoms with Crippen molar-refractivity contribution in [1.82, 2.24) is 15.0 Å². The number of aromatic amines is 1. The van der Waals surface area contributed by atoms with Gasteiger partial charge < -0.3 is 4.98 Å². The van der Waals surface area contributed by atoms with Crippen LogP contribution in [-0.4, -0.2) is 15.0 Å². The molecule has 0 bridgehead atoms. The molecule has 2 aromatic rings. The van der Waals surface area contributed by atoms with Gasteiger partial charge in [-0.2, -0.15) is 0 Å². The normalized spacial score (nSPS) is 10.4. The van der Waals surface area contributed by atoms with Crippen LogP contribution in [0.15, 0.2) is 27.6 Å². The van der Waals surface area contributed by atoms with Gasteiger partial charge in [0.1, 0.15) is 10.2 Å². The highest BCUT2D eigenvalue weighted by atomic mass is 79.9. The standard InChI is InChI=1S/C11H10BrN3O/c1-6-3-4-13-8(5-6)10-14-7(2)9(12)11(16)15-10/h3-5H,1-2H3,(H,14,15,16). The van der Waals surface area contributed by atoms with E-state index in [2.05, 4.69) is 30.9 Å². The molecule has 4 nitrogen and oxygen atoms in total. The van der Waals surface area contributed by atoms with Gasteiger partial charge in [0.2, 0.25) is 0 Å². The van der Waals surface area contributed by atoms with Crippen LogP contribution in [0.2, 0.25) is 0 Å². The SMILES string of the molecule is Cc1ccnc(-c2nc(C)c(Br)c(=O)[nH]2)c1. The average Bonchev–Trinajstić information content (AvgIpc) is 2.25. The van der Waals surface area contributed by atoms with E-state index in [-0.39, 0.29) is 5.56 Å². The Morgan fingerprint density at radius 2 is 2.12 bits per heavy atom. The Kier molecular flexibility index (Phi) is 2.87. The zero-order chi connectivity index (χ0) is 11.7. The van der Waals surface area contributed by atoms with Gasteiger partial charge in [-0.15, -0.1) is 0 Å².